The summed E-state index contributed by atoms with van der Waals surface area (Å²) >= 11 is 0.350. The van der Waals surface area contributed by atoms with Crippen LogP contribution in [0, 0.1) is 0 Å². The van der Waals surface area contributed by atoms with Gasteiger partial charge in [-0.15, -0.1) is 11.3 Å². The Bertz CT molecular complexity index is 1130. The molecule has 1 amide bonds. The second-order valence-corrected chi connectivity index (χ2v) is 8.95. The number of aromatic carboxylic acids is 1. The third-order valence-electron chi connectivity index (χ3n) is 5.34. The Morgan fingerprint density at radius 1 is 1.33 bits per heavy atom. The van der Waals surface area contributed by atoms with Gasteiger partial charge < -0.3 is 15.3 Å². The normalized spacial score (nSPS) is 18.2. The van der Waals surface area contributed by atoms with Crippen LogP contribution in [-0.2, 0) is 0 Å². The molecule has 0 spiro atoms. The molecule has 0 aliphatic carbocycles. The maximum atomic E-state index is 13.9. The van der Waals surface area contributed by atoms with Crippen molar-refractivity contribution in [2.45, 2.75) is 57.3 Å². The quantitative estimate of drug-likeness (QED) is 0.368. The fourth-order valence-electron chi connectivity index (χ4n) is 3.67. The number of hydrogen-bond donors (Lipinski definition) is 2. The van der Waals surface area contributed by atoms with Crippen molar-refractivity contribution in [2.24, 2.45) is 0 Å². The number of thiazole rings is 1. The van der Waals surface area contributed by atoms with Crippen LogP contribution in [0.15, 0.2) is 12.3 Å². The number of carboxylic acid groups (broad SMARTS) is 1. The molecule has 7 nitrogen and oxygen atoms in total. The molecule has 3 rings (SSSR count). The van der Waals surface area contributed by atoms with E-state index in [1.807, 2.05) is 5.32 Å². The number of alkyl halides is 7. The maximum absolute atomic E-state index is 13.9. The number of halogens is 7. The minimum absolute atomic E-state index is 0. The molecule has 0 bridgehead atoms. The fourth-order valence-corrected chi connectivity index (χ4v) is 4.60. The fraction of sp³-hybridized carbons (Fsp3) is 0.500. The van der Waals surface area contributed by atoms with Crippen LogP contribution in [-0.4, -0.2) is 114 Å². The van der Waals surface area contributed by atoms with E-state index in [1.54, 1.807) is 0 Å². The first-order valence-electron chi connectivity index (χ1n) is 10.2. The molecule has 0 saturated carbocycles. The second kappa shape index (κ2) is 11.6. The number of carboxylic acids is 1. The summed E-state index contributed by atoms with van der Waals surface area (Å²) < 4.78 is 94.6. The first-order valence-corrected chi connectivity index (χ1v) is 11.0. The number of pyridine rings is 1. The molecule has 0 radical (unpaired) electrons. The van der Waals surface area contributed by atoms with Gasteiger partial charge in [-0.25, -0.2) is 32.3 Å². The van der Waals surface area contributed by atoms with Crippen molar-refractivity contribution in [3.8, 4) is 10.4 Å². The molecular formula is C20H20F7KN4O3S. The molecule has 2 N–H and O–H groups in total. The van der Waals surface area contributed by atoms with E-state index >= 15 is 0 Å². The van der Waals surface area contributed by atoms with Gasteiger partial charge >= 0.3 is 63.5 Å². The van der Waals surface area contributed by atoms with Gasteiger partial charge in [-0.2, -0.15) is 13.2 Å². The van der Waals surface area contributed by atoms with Crippen molar-refractivity contribution in [2.75, 3.05) is 11.9 Å². The molecule has 2 atom stereocenters. The van der Waals surface area contributed by atoms with Gasteiger partial charge in [-0.3, -0.25) is 4.79 Å². The number of aromatic nitrogens is 2. The number of anilines is 1. The van der Waals surface area contributed by atoms with Gasteiger partial charge in [0.1, 0.15) is 17.6 Å². The molecule has 2 aromatic rings. The number of amides is 1. The van der Waals surface area contributed by atoms with Crippen LogP contribution >= 0.6 is 11.3 Å². The third-order valence-corrected chi connectivity index (χ3v) is 6.42. The summed E-state index contributed by atoms with van der Waals surface area (Å²) in [6, 6.07) is -2.34. The first kappa shape index (κ1) is 30.9. The topological polar surface area (TPSA) is 95.4 Å². The molecule has 1 saturated heterocycles. The number of nitrogens with zero attached hydrogens (tertiary/aromatic N) is 3. The zero-order chi connectivity index (χ0) is 26.3. The van der Waals surface area contributed by atoms with Gasteiger partial charge in [0.25, 0.3) is 18.3 Å². The SMILES string of the molecule is CC[C@H](Nc1cc(C(F)F)c(-c2sc(C(=O)O)nc2C(=O)N2CC(F)(F)C[C@@H]2C)cn1)C(F)(F)F.[KH]. The van der Waals surface area contributed by atoms with E-state index in [1.165, 1.54) is 13.8 Å². The van der Waals surface area contributed by atoms with Crippen LogP contribution in [0.1, 0.15) is 59.0 Å². The van der Waals surface area contributed by atoms with E-state index in [0.717, 1.165) is 11.1 Å². The Morgan fingerprint density at radius 3 is 2.44 bits per heavy atom. The Kier molecular flexibility index (Phi) is 9.95. The summed E-state index contributed by atoms with van der Waals surface area (Å²) in [5, 5.41) is 10.7. The molecule has 194 valence electrons. The van der Waals surface area contributed by atoms with Crippen LogP contribution in [0.2, 0.25) is 0 Å². The van der Waals surface area contributed by atoms with E-state index in [0.29, 0.717) is 17.4 Å². The number of carbonyl (C=O) groups is 2. The Labute approximate surface area is 246 Å². The molecule has 0 unspecified atom stereocenters. The van der Waals surface area contributed by atoms with E-state index < -0.39 is 89.5 Å². The Hall–Kier alpha value is -1.33. The van der Waals surface area contributed by atoms with Crippen LogP contribution < -0.4 is 5.32 Å². The summed E-state index contributed by atoms with van der Waals surface area (Å²) in [5.41, 5.74) is -1.92. The summed E-state index contributed by atoms with van der Waals surface area (Å²) in [4.78, 5) is 32.3. The van der Waals surface area contributed by atoms with Gasteiger partial charge in [0.05, 0.1) is 11.4 Å². The zero-order valence-electron chi connectivity index (χ0n) is 18.2. The average Bonchev–Trinajstić information content (AvgIpc) is 3.30. The van der Waals surface area contributed by atoms with E-state index in [2.05, 4.69) is 9.97 Å². The number of rotatable bonds is 7. The van der Waals surface area contributed by atoms with Gasteiger partial charge in [0.2, 0.25) is 5.01 Å². The van der Waals surface area contributed by atoms with Crippen molar-refractivity contribution in [3.05, 3.63) is 28.5 Å². The van der Waals surface area contributed by atoms with E-state index in [4.69, 9.17) is 0 Å². The number of carbonyl (C=O) groups excluding carboxylic acids is 1. The summed E-state index contributed by atoms with van der Waals surface area (Å²) in [5.74, 6) is -6.38. The van der Waals surface area contributed by atoms with Gasteiger partial charge in [-0.05, 0) is 19.4 Å². The Morgan fingerprint density at radius 2 is 1.97 bits per heavy atom. The van der Waals surface area contributed by atoms with Crippen LogP contribution in [0.25, 0.3) is 10.4 Å². The number of likely N-dealkylation sites (tertiary alicyclic amines) is 1. The number of nitrogens with one attached hydrogen (secondary N) is 1. The standard InChI is InChI=1S/C20H19F7N4O3S.K.H/c1-3-11(20(25,26)27)29-12-4-9(15(21)22)10(6-28-12)14-13(30-16(35-14)18(33)34)17(32)31-7-19(23,24)5-8(31)2;;/h4,6,8,11,15H,3,5,7H2,1-2H3,(H,28,29)(H,33,34);;/t8-,11-;;/m0../s1. The van der Waals surface area contributed by atoms with Crippen molar-refractivity contribution < 1.29 is 45.4 Å². The van der Waals surface area contributed by atoms with Crippen LogP contribution in [0.5, 0.6) is 0 Å². The molecule has 0 aromatic carbocycles. The van der Waals surface area contributed by atoms with Crippen molar-refractivity contribution in [1.29, 1.82) is 0 Å². The molecular weight excluding hydrogens is 548 g/mol. The molecule has 1 aliphatic heterocycles. The van der Waals surface area contributed by atoms with Crippen molar-refractivity contribution >= 4 is 80.4 Å². The van der Waals surface area contributed by atoms with Crippen LogP contribution in [0.4, 0.5) is 36.6 Å². The zero-order valence-corrected chi connectivity index (χ0v) is 19.0. The third kappa shape index (κ3) is 6.75. The summed E-state index contributed by atoms with van der Waals surface area (Å²) in [6.07, 6.45) is -8.22. The second-order valence-electron chi connectivity index (χ2n) is 7.95. The monoisotopic (exact) mass is 568 g/mol. The molecule has 1 aliphatic rings. The van der Waals surface area contributed by atoms with E-state index in [9.17, 15) is 45.4 Å². The minimum atomic E-state index is -4.68. The van der Waals surface area contributed by atoms with E-state index in [-0.39, 0.29) is 56.3 Å². The Balaban J connectivity index is 0.00000456. The van der Waals surface area contributed by atoms with Gasteiger partial charge in [0.15, 0.2) is 0 Å². The van der Waals surface area contributed by atoms with Crippen molar-refractivity contribution in [3.63, 3.8) is 0 Å². The molecule has 3 heterocycles. The predicted molar refractivity (Wildman–Crippen MR) is 118 cm³/mol. The molecule has 2 aromatic heterocycles. The van der Waals surface area contributed by atoms with Crippen molar-refractivity contribution in [1.82, 2.24) is 14.9 Å². The summed E-state index contributed by atoms with van der Waals surface area (Å²) in [7, 11) is 0. The van der Waals surface area contributed by atoms with Crippen LogP contribution in [0.3, 0.4) is 0 Å². The molecule has 1 fully saturated rings. The average molecular weight is 569 g/mol. The van der Waals surface area contributed by atoms with Gasteiger partial charge in [0, 0.05) is 29.8 Å². The summed E-state index contributed by atoms with van der Waals surface area (Å²) in [6.45, 7) is 1.62. The number of hydrogen-bond acceptors (Lipinski definition) is 6. The molecule has 36 heavy (non-hydrogen) atoms. The predicted octanol–water partition coefficient (Wildman–Crippen LogP) is 4.81. The molecule has 16 heteroatoms. The first-order chi connectivity index (χ1) is 16.1. The van der Waals surface area contributed by atoms with Gasteiger partial charge in [-0.1, -0.05) is 6.92 Å².